The molecule has 0 aliphatic rings. The maximum absolute atomic E-state index is 12.6. The summed E-state index contributed by atoms with van der Waals surface area (Å²) in [5.41, 5.74) is 13.2. The van der Waals surface area contributed by atoms with Crippen LogP contribution in [-0.2, 0) is 0 Å². The number of hydrogen-bond donors (Lipinski definition) is 5. The number of H-pyrrole nitrogens is 1. The molecule has 0 fully saturated rings. The topological polar surface area (TPSA) is 157 Å². The number of nitrogens with two attached hydrogens (primary N) is 2. The molecule has 0 saturated carbocycles. The van der Waals surface area contributed by atoms with Crippen LogP contribution in [0.5, 0.6) is 11.5 Å². The van der Waals surface area contributed by atoms with Crippen LogP contribution in [-0.4, -0.2) is 34.8 Å². The van der Waals surface area contributed by atoms with Crippen LogP contribution in [0.2, 0.25) is 0 Å². The minimum absolute atomic E-state index is 0.0237. The zero-order valence-electron chi connectivity index (χ0n) is 18.6. The summed E-state index contributed by atoms with van der Waals surface area (Å²) in [6, 6.07) is 11.9. The van der Waals surface area contributed by atoms with Crippen LogP contribution in [0.4, 0.5) is 5.69 Å². The molecule has 3 rings (SSSR count). The van der Waals surface area contributed by atoms with Crippen LogP contribution in [0, 0.1) is 5.41 Å². The molecule has 0 bridgehead atoms. The molecule has 0 amide bonds. The number of benzene rings is 2. The highest BCUT2D eigenvalue weighted by Gasteiger charge is 2.22. The van der Waals surface area contributed by atoms with Crippen molar-refractivity contribution in [1.82, 2.24) is 14.8 Å². The zero-order valence-corrected chi connectivity index (χ0v) is 18.6. The number of nitrogens with zero attached hydrogens (tertiary/aromatic N) is 2. The quantitative estimate of drug-likeness (QED) is 0.191. The van der Waals surface area contributed by atoms with Gasteiger partial charge in [0.05, 0.1) is 14.2 Å². The standard InChI is InChI=1S/C23H27N7O3/c1-4-5-6-19(24)30-23(31)28-22(29-30)20(15-9-12-17(32-2)18(13-15)33-3)27-16-10-7-14(8-11-16)21(25)26/h4-13,20,27H,24H2,1-3H3,(H3,25,26)(H,28,29,31)/b5-4-,19-6+. The third-order valence-electron chi connectivity index (χ3n) is 4.86. The minimum Gasteiger partial charge on any atom is -0.493 e. The van der Waals surface area contributed by atoms with Gasteiger partial charge in [0.2, 0.25) is 0 Å². The number of rotatable bonds is 9. The first kappa shape index (κ1) is 23.2. The van der Waals surface area contributed by atoms with Gasteiger partial charge >= 0.3 is 5.69 Å². The van der Waals surface area contributed by atoms with Crippen LogP contribution in [0.1, 0.15) is 29.9 Å². The normalized spacial score (nSPS) is 12.5. The van der Waals surface area contributed by atoms with Gasteiger partial charge in [-0.15, -0.1) is 5.10 Å². The van der Waals surface area contributed by atoms with Crippen LogP contribution >= 0.6 is 0 Å². The Balaban J connectivity index is 2.08. The monoisotopic (exact) mass is 449 g/mol. The van der Waals surface area contributed by atoms with E-state index in [9.17, 15) is 4.79 Å². The molecule has 10 nitrogen and oxygen atoms in total. The van der Waals surface area contributed by atoms with Crippen molar-refractivity contribution in [3.63, 3.8) is 0 Å². The fraction of sp³-hybridized carbons (Fsp3) is 0.174. The Morgan fingerprint density at radius 3 is 2.45 bits per heavy atom. The van der Waals surface area contributed by atoms with Crippen molar-refractivity contribution < 1.29 is 9.47 Å². The number of allylic oxidation sites excluding steroid dienone is 3. The Hall–Kier alpha value is -4.47. The Labute approximate surface area is 191 Å². The number of nitrogens with one attached hydrogen (secondary N) is 3. The van der Waals surface area contributed by atoms with Crippen molar-refractivity contribution in [3.8, 4) is 11.5 Å². The van der Waals surface area contributed by atoms with Gasteiger partial charge in [-0.2, -0.15) is 4.68 Å². The van der Waals surface area contributed by atoms with E-state index in [1.165, 1.54) is 0 Å². The molecule has 0 saturated heterocycles. The maximum Gasteiger partial charge on any atom is 0.349 e. The molecule has 33 heavy (non-hydrogen) atoms. The highest BCUT2D eigenvalue weighted by molar-refractivity contribution is 5.95. The summed E-state index contributed by atoms with van der Waals surface area (Å²) in [5.74, 6) is 1.60. The first-order valence-corrected chi connectivity index (χ1v) is 10.1. The van der Waals surface area contributed by atoms with Crippen molar-refractivity contribution in [2.75, 3.05) is 19.5 Å². The van der Waals surface area contributed by atoms with Crippen molar-refractivity contribution in [1.29, 1.82) is 5.41 Å². The van der Waals surface area contributed by atoms with E-state index in [1.54, 1.807) is 68.8 Å². The van der Waals surface area contributed by atoms with E-state index < -0.39 is 11.7 Å². The second-order valence-electron chi connectivity index (χ2n) is 7.03. The maximum atomic E-state index is 12.6. The lowest BCUT2D eigenvalue weighted by Gasteiger charge is -2.20. The van der Waals surface area contributed by atoms with E-state index in [-0.39, 0.29) is 11.7 Å². The fourth-order valence-corrected chi connectivity index (χ4v) is 3.17. The Bertz CT molecular complexity index is 1240. The van der Waals surface area contributed by atoms with E-state index in [4.69, 9.17) is 26.4 Å². The molecule has 172 valence electrons. The van der Waals surface area contributed by atoms with Crippen molar-refractivity contribution in [2.45, 2.75) is 13.0 Å². The molecule has 1 aromatic heterocycles. The molecule has 0 spiro atoms. The second-order valence-corrected chi connectivity index (χ2v) is 7.03. The number of hydrogen-bond acceptors (Lipinski definition) is 7. The molecule has 3 aromatic rings. The first-order chi connectivity index (χ1) is 15.9. The third-order valence-corrected chi connectivity index (χ3v) is 4.86. The number of amidine groups is 1. The van der Waals surface area contributed by atoms with E-state index in [0.29, 0.717) is 22.9 Å². The predicted molar refractivity (Wildman–Crippen MR) is 129 cm³/mol. The Morgan fingerprint density at radius 2 is 1.85 bits per heavy atom. The van der Waals surface area contributed by atoms with Gasteiger partial charge < -0.3 is 26.3 Å². The summed E-state index contributed by atoms with van der Waals surface area (Å²) in [7, 11) is 3.11. The molecular formula is C23H27N7O3. The number of aromatic nitrogens is 3. The van der Waals surface area contributed by atoms with Gasteiger partial charge in [-0.1, -0.05) is 18.2 Å². The lowest BCUT2D eigenvalue weighted by atomic mass is 10.0. The van der Waals surface area contributed by atoms with E-state index in [2.05, 4.69) is 15.4 Å². The number of nitrogen functional groups attached to an aromatic ring is 1. The second kappa shape index (κ2) is 10.2. The third kappa shape index (κ3) is 5.24. The number of aromatic amines is 1. The van der Waals surface area contributed by atoms with E-state index >= 15 is 0 Å². The summed E-state index contributed by atoms with van der Waals surface area (Å²) >= 11 is 0. The smallest absolute Gasteiger partial charge is 0.349 e. The molecule has 2 aromatic carbocycles. The molecule has 10 heteroatoms. The van der Waals surface area contributed by atoms with Gasteiger partial charge in [0.25, 0.3) is 0 Å². The average Bonchev–Trinajstić information content (AvgIpc) is 3.22. The van der Waals surface area contributed by atoms with Gasteiger partial charge in [0.1, 0.15) is 17.7 Å². The SMILES string of the molecule is C/C=C\C=C(/N)n1nc(C(Nc2ccc(C(=N)N)cc2)c2ccc(OC)c(OC)c2)[nH]c1=O. The molecule has 0 radical (unpaired) electrons. The van der Waals surface area contributed by atoms with Gasteiger partial charge in [-0.05, 0) is 55.0 Å². The van der Waals surface area contributed by atoms with Crippen molar-refractivity contribution in [2.24, 2.45) is 11.5 Å². The van der Waals surface area contributed by atoms with E-state index in [0.717, 1.165) is 15.9 Å². The summed E-state index contributed by atoms with van der Waals surface area (Å²) in [5, 5.41) is 15.3. The zero-order chi connectivity index (χ0) is 24.0. The summed E-state index contributed by atoms with van der Waals surface area (Å²) in [6.45, 7) is 1.84. The van der Waals surface area contributed by atoms with Gasteiger partial charge in [0, 0.05) is 11.3 Å². The Morgan fingerprint density at radius 1 is 1.15 bits per heavy atom. The lowest BCUT2D eigenvalue weighted by molar-refractivity contribution is 0.354. The Kier molecular flexibility index (Phi) is 7.19. The minimum atomic E-state index is -0.559. The molecule has 7 N–H and O–H groups in total. The lowest BCUT2D eigenvalue weighted by Crippen LogP contribution is -2.21. The largest absolute Gasteiger partial charge is 0.493 e. The van der Waals surface area contributed by atoms with Gasteiger partial charge in [-0.25, -0.2) is 4.79 Å². The van der Waals surface area contributed by atoms with Crippen LogP contribution in [0.3, 0.4) is 0 Å². The van der Waals surface area contributed by atoms with Gasteiger partial charge in [-0.3, -0.25) is 10.4 Å². The summed E-state index contributed by atoms with van der Waals surface area (Å²) in [4.78, 5) is 15.3. The highest BCUT2D eigenvalue weighted by Crippen LogP contribution is 2.33. The molecule has 1 atom stereocenters. The number of methoxy groups -OCH3 is 2. The number of ether oxygens (including phenoxy) is 2. The molecule has 1 unspecified atom stereocenters. The van der Waals surface area contributed by atoms with Gasteiger partial charge in [0.15, 0.2) is 17.3 Å². The molecular weight excluding hydrogens is 422 g/mol. The molecule has 0 aliphatic heterocycles. The fourth-order valence-electron chi connectivity index (χ4n) is 3.17. The molecule has 0 aliphatic carbocycles. The van der Waals surface area contributed by atoms with Crippen molar-refractivity contribution in [3.05, 3.63) is 88.1 Å². The summed E-state index contributed by atoms with van der Waals surface area (Å²) < 4.78 is 11.9. The highest BCUT2D eigenvalue weighted by atomic mass is 16.5. The predicted octanol–water partition coefficient (Wildman–Crippen LogP) is 2.41. The van der Waals surface area contributed by atoms with Crippen LogP contribution < -0.4 is 31.9 Å². The average molecular weight is 450 g/mol. The van der Waals surface area contributed by atoms with E-state index in [1.807, 2.05) is 13.0 Å². The first-order valence-electron chi connectivity index (χ1n) is 10.1. The van der Waals surface area contributed by atoms with Crippen LogP contribution in [0.25, 0.3) is 5.82 Å². The number of anilines is 1. The van der Waals surface area contributed by atoms with Crippen molar-refractivity contribution >= 4 is 17.3 Å². The van der Waals surface area contributed by atoms with Crippen LogP contribution in [0.15, 0.2) is 65.5 Å². The summed E-state index contributed by atoms with van der Waals surface area (Å²) in [6.07, 6.45) is 5.10. The molecule has 1 heterocycles.